The first-order valence-corrected chi connectivity index (χ1v) is 6.78. The molecule has 6 heteroatoms. The molecule has 0 saturated heterocycles. The van der Waals surface area contributed by atoms with Crippen molar-refractivity contribution < 1.29 is 9.53 Å². The first-order valence-electron chi connectivity index (χ1n) is 6.78. The largest absolute Gasteiger partial charge is 0.458 e. The zero-order valence-corrected chi connectivity index (χ0v) is 12.8. The highest BCUT2D eigenvalue weighted by molar-refractivity contribution is 5.76. The Balaban J connectivity index is 2.24. The average Bonchev–Trinajstić information content (AvgIpc) is 2.89. The number of amides is 1. The monoisotopic (exact) mass is 288 g/mol. The Hall–Kier alpha value is -2.37. The third kappa shape index (κ3) is 3.59. The molecule has 0 unspecified atom stereocenters. The van der Waals surface area contributed by atoms with Crippen molar-refractivity contribution in [1.82, 2.24) is 20.1 Å². The number of carbonyl (C=O) groups excluding carboxylic acids is 1. The van der Waals surface area contributed by atoms with E-state index >= 15 is 0 Å². The predicted octanol–water partition coefficient (Wildman–Crippen LogP) is 2.34. The van der Waals surface area contributed by atoms with Crippen LogP contribution in [0.15, 0.2) is 30.3 Å². The number of ether oxygens (including phenoxy) is 1. The Morgan fingerprint density at radius 3 is 2.52 bits per heavy atom. The van der Waals surface area contributed by atoms with E-state index in [-0.39, 0.29) is 17.5 Å². The zero-order chi connectivity index (χ0) is 15.5. The molecule has 6 nitrogen and oxygen atoms in total. The van der Waals surface area contributed by atoms with E-state index in [0.29, 0.717) is 12.4 Å². The van der Waals surface area contributed by atoms with E-state index in [1.807, 2.05) is 51.1 Å². The van der Waals surface area contributed by atoms with Gasteiger partial charge in [-0.2, -0.15) is 4.98 Å². The van der Waals surface area contributed by atoms with Gasteiger partial charge in [0.25, 0.3) is 0 Å². The van der Waals surface area contributed by atoms with E-state index in [2.05, 4.69) is 15.4 Å². The molecule has 0 aliphatic heterocycles. The minimum atomic E-state index is -0.374. The summed E-state index contributed by atoms with van der Waals surface area (Å²) in [6, 6.07) is 9.53. The third-order valence-corrected chi connectivity index (χ3v) is 2.87. The Morgan fingerprint density at radius 1 is 1.29 bits per heavy atom. The van der Waals surface area contributed by atoms with Crippen LogP contribution in [0.5, 0.6) is 6.01 Å². The van der Waals surface area contributed by atoms with E-state index in [4.69, 9.17) is 4.74 Å². The van der Waals surface area contributed by atoms with Crippen LogP contribution in [0.1, 0.15) is 32.2 Å². The standard InChI is InChI=1S/C15H20N4O2/c1-15(2,3)12-17-14(19(18-12)13(20)16-4)21-10-11-8-6-5-7-9-11/h5-9H,10H2,1-4H3,(H,16,20). The minimum Gasteiger partial charge on any atom is -0.458 e. The van der Waals surface area contributed by atoms with Crippen LogP contribution in [0.25, 0.3) is 0 Å². The molecule has 1 amide bonds. The molecule has 0 fully saturated rings. The molecule has 0 aliphatic rings. The fourth-order valence-corrected chi connectivity index (χ4v) is 1.67. The number of nitrogens with one attached hydrogen (secondary N) is 1. The van der Waals surface area contributed by atoms with Gasteiger partial charge in [-0.1, -0.05) is 51.1 Å². The molecule has 0 atom stereocenters. The Kier molecular flexibility index (Phi) is 4.26. The average molecular weight is 288 g/mol. The van der Waals surface area contributed by atoms with Crippen LogP contribution < -0.4 is 10.1 Å². The fourth-order valence-electron chi connectivity index (χ4n) is 1.67. The van der Waals surface area contributed by atoms with E-state index in [9.17, 15) is 4.79 Å². The third-order valence-electron chi connectivity index (χ3n) is 2.87. The molecule has 2 aromatic rings. The summed E-state index contributed by atoms with van der Waals surface area (Å²) in [5, 5.41) is 6.76. The van der Waals surface area contributed by atoms with Crippen LogP contribution in [0.2, 0.25) is 0 Å². The van der Waals surface area contributed by atoms with E-state index in [1.54, 1.807) is 7.05 Å². The summed E-state index contributed by atoms with van der Waals surface area (Å²) >= 11 is 0. The molecule has 0 bridgehead atoms. The van der Waals surface area contributed by atoms with Gasteiger partial charge in [-0.25, -0.2) is 4.79 Å². The van der Waals surface area contributed by atoms with Gasteiger partial charge in [-0.15, -0.1) is 9.78 Å². The predicted molar refractivity (Wildman–Crippen MR) is 79.3 cm³/mol. The molecule has 1 aromatic heterocycles. The van der Waals surface area contributed by atoms with Crippen LogP contribution in [0, 0.1) is 0 Å². The highest BCUT2D eigenvalue weighted by Crippen LogP contribution is 2.21. The van der Waals surface area contributed by atoms with Crippen molar-refractivity contribution in [3.05, 3.63) is 41.7 Å². The molecular formula is C15H20N4O2. The molecule has 112 valence electrons. The SMILES string of the molecule is CNC(=O)n1nc(C(C)(C)C)nc1OCc1ccccc1. The lowest BCUT2D eigenvalue weighted by atomic mass is 9.96. The lowest BCUT2D eigenvalue weighted by Gasteiger charge is -2.11. The summed E-state index contributed by atoms with van der Waals surface area (Å²) in [6.45, 7) is 6.28. The highest BCUT2D eigenvalue weighted by Gasteiger charge is 2.24. The van der Waals surface area contributed by atoms with Crippen molar-refractivity contribution >= 4 is 6.03 Å². The number of hydrogen-bond acceptors (Lipinski definition) is 4. The Bertz CT molecular complexity index is 614. The van der Waals surface area contributed by atoms with Crippen LogP contribution in [-0.2, 0) is 12.0 Å². The van der Waals surface area contributed by atoms with Crippen LogP contribution >= 0.6 is 0 Å². The second-order valence-corrected chi connectivity index (χ2v) is 5.71. The van der Waals surface area contributed by atoms with Gasteiger partial charge in [0.05, 0.1) is 0 Å². The van der Waals surface area contributed by atoms with Crippen molar-refractivity contribution in [2.24, 2.45) is 0 Å². The van der Waals surface area contributed by atoms with Crippen LogP contribution in [0.3, 0.4) is 0 Å². The number of aromatic nitrogens is 3. The first-order chi connectivity index (χ1) is 9.91. The van der Waals surface area contributed by atoms with Crippen LogP contribution in [0.4, 0.5) is 4.79 Å². The first kappa shape index (κ1) is 15.0. The van der Waals surface area contributed by atoms with Crippen molar-refractivity contribution in [2.75, 3.05) is 7.05 Å². The number of rotatable bonds is 3. The van der Waals surface area contributed by atoms with Crippen molar-refractivity contribution in [3.63, 3.8) is 0 Å². The molecular weight excluding hydrogens is 268 g/mol. The van der Waals surface area contributed by atoms with E-state index in [0.717, 1.165) is 10.2 Å². The molecule has 0 saturated carbocycles. The second kappa shape index (κ2) is 5.95. The maximum atomic E-state index is 11.9. The van der Waals surface area contributed by atoms with Gasteiger partial charge in [0.1, 0.15) is 6.61 Å². The summed E-state index contributed by atoms with van der Waals surface area (Å²) in [5.41, 5.74) is 0.741. The summed E-state index contributed by atoms with van der Waals surface area (Å²) < 4.78 is 6.81. The second-order valence-electron chi connectivity index (χ2n) is 5.71. The smallest absolute Gasteiger partial charge is 0.346 e. The van der Waals surface area contributed by atoms with Crippen molar-refractivity contribution in [2.45, 2.75) is 32.8 Å². The van der Waals surface area contributed by atoms with Gasteiger partial charge in [0, 0.05) is 12.5 Å². The topological polar surface area (TPSA) is 69.0 Å². The van der Waals surface area contributed by atoms with Crippen molar-refractivity contribution in [3.8, 4) is 6.01 Å². The Morgan fingerprint density at radius 2 is 1.95 bits per heavy atom. The van der Waals surface area contributed by atoms with E-state index < -0.39 is 0 Å². The normalized spacial score (nSPS) is 11.2. The summed E-state index contributed by atoms with van der Waals surface area (Å²) in [7, 11) is 1.54. The lowest BCUT2D eigenvalue weighted by molar-refractivity contribution is 0.227. The summed E-state index contributed by atoms with van der Waals surface area (Å²) in [6.07, 6.45) is 0. The quantitative estimate of drug-likeness (QED) is 0.941. The van der Waals surface area contributed by atoms with Gasteiger partial charge in [0.15, 0.2) is 5.82 Å². The van der Waals surface area contributed by atoms with Gasteiger partial charge in [0.2, 0.25) is 0 Å². The number of benzene rings is 1. The van der Waals surface area contributed by atoms with E-state index in [1.165, 1.54) is 0 Å². The number of nitrogens with zero attached hydrogens (tertiary/aromatic N) is 3. The molecule has 0 aliphatic carbocycles. The van der Waals surface area contributed by atoms with Gasteiger partial charge in [-0.05, 0) is 5.56 Å². The highest BCUT2D eigenvalue weighted by atomic mass is 16.5. The van der Waals surface area contributed by atoms with Gasteiger partial charge < -0.3 is 10.1 Å². The van der Waals surface area contributed by atoms with Crippen LogP contribution in [-0.4, -0.2) is 27.8 Å². The number of hydrogen-bond donors (Lipinski definition) is 1. The number of carbonyl (C=O) groups is 1. The zero-order valence-electron chi connectivity index (χ0n) is 12.8. The van der Waals surface area contributed by atoms with Gasteiger partial charge in [-0.3, -0.25) is 0 Å². The summed E-state index contributed by atoms with van der Waals surface area (Å²) in [5.74, 6) is 0.564. The molecule has 0 radical (unpaired) electrons. The maximum absolute atomic E-state index is 11.9. The molecule has 1 heterocycles. The van der Waals surface area contributed by atoms with Crippen molar-refractivity contribution in [1.29, 1.82) is 0 Å². The van der Waals surface area contributed by atoms with Gasteiger partial charge >= 0.3 is 12.0 Å². The fraction of sp³-hybridized carbons (Fsp3) is 0.400. The minimum absolute atomic E-state index is 0.197. The maximum Gasteiger partial charge on any atom is 0.346 e. The summed E-state index contributed by atoms with van der Waals surface area (Å²) in [4.78, 5) is 16.2. The lowest BCUT2D eigenvalue weighted by Crippen LogP contribution is -2.27. The Labute approximate surface area is 124 Å². The molecule has 21 heavy (non-hydrogen) atoms. The molecule has 1 N–H and O–H groups in total. The molecule has 1 aromatic carbocycles. The molecule has 2 rings (SSSR count). The molecule has 0 spiro atoms.